The lowest BCUT2D eigenvalue weighted by Gasteiger charge is -2.49. The highest BCUT2D eigenvalue weighted by molar-refractivity contribution is 6.32. The summed E-state index contributed by atoms with van der Waals surface area (Å²) in [4.78, 5) is 62.3. The first-order valence-electron chi connectivity index (χ1n) is 17.3. The zero-order chi connectivity index (χ0) is 36.6. The Morgan fingerprint density at radius 3 is 2.23 bits per heavy atom. The number of hydrogen-bond acceptors (Lipinski definition) is 9. The van der Waals surface area contributed by atoms with Crippen molar-refractivity contribution in [2.45, 2.75) is 25.7 Å². The fourth-order valence-corrected chi connectivity index (χ4v) is 9.42. The number of carbonyl (C=O) groups is 4. The number of ether oxygens (including phenoxy) is 3. The van der Waals surface area contributed by atoms with Crippen molar-refractivity contribution in [3.05, 3.63) is 82.6 Å². The molecule has 13 heteroatoms. The number of phenolic OH excluding ortho intramolecular Hbond substituents is 1. The van der Waals surface area contributed by atoms with E-state index in [1.165, 1.54) is 37.3 Å². The highest BCUT2D eigenvalue weighted by Gasteiger charge is 2.68. The number of phenols is 1. The largest absolute Gasteiger partial charge is 0.507 e. The average molecular weight is 730 g/mol. The van der Waals surface area contributed by atoms with Gasteiger partial charge < -0.3 is 24.2 Å². The number of benzene rings is 3. The fourth-order valence-electron chi connectivity index (χ4n) is 9.25. The van der Waals surface area contributed by atoms with Crippen LogP contribution in [-0.4, -0.2) is 69.3 Å². The number of amides is 4. The third-order valence-corrected chi connectivity index (χ3v) is 12.0. The molecule has 3 aromatic carbocycles. The molecule has 5 aliphatic rings. The first-order valence-corrected chi connectivity index (χ1v) is 17.7. The van der Waals surface area contributed by atoms with Gasteiger partial charge in [-0.05, 0) is 68.1 Å². The molecule has 0 bridgehead atoms. The maximum atomic E-state index is 14.7. The van der Waals surface area contributed by atoms with Crippen molar-refractivity contribution in [1.29, 1.82) is 0 Å². The Bertz CT molecular complexity index is 2050. The van der Waals surface area contributed by atoms with Crippen LogP contribution in [0.15, 0.2) is 66.2 Å². The molecule has 0 aromatic heterocycles. The van der Waals surface area contributed by atoms with Crippen LogP contribution in [0.3, 0.4) is 0 Å². The first kappa shape index (κ1) is 34.2. The number of morpholine rings is 1. The van der Waals surface area contributed by atoms with Crippen molar-refractivity contribution < 1.29 is 42.9 Å². The minimum atomic E-state index is -1.48. The topological polar surface area (TPSA) is 126 Å². The lowest BCUT2D eigenvalue weighted by molar-refractivity contribution is -0.131. The Morgan fingerprint density at radius 2 is 1.56 bits per heavy atom. The Kier molecular flexibility index (Phi) is 8.30. The highest BCUT2D eigenvalue weighted by atomic mass is 35.5. The summed E-state index contributed by atoms with van der Waals surface area (Å²) in [7, 11) is 2.88. The van der Waals surface area contributed by atoms with Gasteiger partial charge >= 0.3 is 0 Å². The molecule has 11 nitrogen and oxygen atoms in total. The Morgan fingerprint density at radius 1 is 0.865 bits per heavy atom. The van der Waals surface area contributed by atoms with Gasteiger partial charge in [0, 0.05) is 42.4 Å². The van der Waals surface area contributed by atoms with E-state index in [2.05, 4.69) is 4.90 Å². The van der Waals surface area contributed by atoms with E-state index in [1.807, 2.05) is 18.2 Å². The van der Waals surface area contributed by atoms with Crippen molar-refractivity contribution in [1.82, 2.24) is 0 Å². The van der Waals surface area contributed by atoms with E-state index in [0.717, 1.165) is 29.7 Å². The molecule has 3 aromatic rings. The minimum absolute atomic E-state index is 0.0953. The van der Waals surface area contributed by atoms with E-state index in [9.17, 15) is 28.7 Å². The molecular weight excluding hydrogens is 693 g/mol. The first-order chi connectivity index (χ1) is 25.0. The monoisotopic (exact) mass is 729 g/mol. The molecule has 2 aliphatic carbocycles. The number of fused-ring (bicyclic) bond motifs is 4. The zero-order valence-corrected chi connectivity index (χ0v) is 29.6. The van der Waals surface area contributed by atoms with Crippen LogP contribution in [0.5, 0.6) is 17.2 Å². The molecule has 52 heavy (non-hydrogen) atoms. The summed E-state index contributed by atoms with van der Waals surface area (Å²) in [5.74, 6) is -6.25. The van der Waals surface area contributed by atoms with Crippen LogP contribution in [0.1, 0.15) is 31.2 Å². The van der Waals surface area contributed by atoms with Gasteiger partial charge in [-0.2, -0.15) is 0 Å². The predicted molar refractivity (Wildman–Crippen MR) is 189 cm³/mol. The summed E-state index contributed by atoms with van der Waals surface area (Å²) in [5.41, 5.74) is 0.984. The smallest absolute Gasteiger partial charge is 0.241 e. The molecule has 4 amide bonds. The van der Waals surface area contributed by atoms with Gasteiger partial charge in [0.25, 0.3) is 0 Å². The molecule has 6 atom stereocenters. The zero-order valence-electron chi connectivity index (χ0n) is 28.8. The Balaban J connectivity index is 1.23. The van der Waals surface area contributed by atoms with E-state index in [1.54, 1.807) is 25.1 Å². The normalized spacial score (nSPS) is 28.4. The number of methoxy groups -OCH3 is 2. The molecule has 8 rings (SSSR count). The van der Waals surface area contributed by atoms with Crippen LogP contribution < -0.4 is 24.2 Å². The second kappa shape index (κ2) is 12.6. The molecule has 1 N–H and O–H groups in total. The van der Waals surface area contributed by atoms with Gasteiger partial charge in [-0.15, -0.1) is 0 Å². The van der Waals surface area contributed by atoms with Gasteiger partial charge in [-0.3, -0.25) is 24.1 Å². The molecule has 3 heterocycles. The molecular formula is C39H37ClFN3O8. The van der Waals surface area contributed by atoms with Gasteiger partial charge in [-0.1, -0.05) is 23.3 Å². The molecule has 4 fully saturated rings. The molecule has 270 valence electrons. The summed E-state index contributed by atoms with van der Waals surface area (Å²) in [5, 5.41) is 11.4. The number of nitrogens with zero attached hydrogens (tertiary/aromatic N) is 3. The van der Waals surface area contributed by atoms with Crippen molar-refractivity contribution in [3.63, 3.8) is 0 Å². The van der Waals surface area contributed by atoms with E-state index >= 15 is 0 Å². The summed E-state index contributed by atoms with van der Waals surface area (Å²) in [6.45, 7) is 4.41. The number of aromatic hydroxyl groups is 1. The van der Waals surface area contributed by atoms with Gasteiger partial charge in [0.05, 0.1) is 67.0 Å². The number of anilines is 3. The number of halogens is 2. The van der Waals surface area contributed by atoms with Crippen LogP contribution in [-0.2, 0) is 23.9 Å². The van der Waals surface area contributed by atoms with E-state index < -0.39 is 52.6 Å². The Hall–Kier alpha value is -4.94. The lowest BCUT2D eigenvalue weighted by Crippen LogP contribution is -2.49. The van der Waals surface area contributed by atoms with Crippen molar-refractivity contribution in [2.24, 2.45) is 29.1 Å². The molecule has 3 saturated heterocycles. The van der Waals surface area contributed by atoms with E-state index in [-0.39, 0.29) is 52.4 Å². The molecule has 0 spiro atoms. The van der Waals surface area contributed by atoms with Gasteiger partial charge in [0.2, 0.25) is 23.6 Å². The summed E-state index contributed by atoms with van der Waals surface area (Å²) >= 11 is 6.11. The van der Waals surface area contributed by atoms with Crippen LogP contribution in [0, 0.1) is 34.9 Å². The summed E-state index contributed by atoms with van der Waals surface area (Å²) < 4.78 is 30.9. The van der Waals surface area contributed by atoms with Gasteiger partial charge in [0.15, 0.2) is 0 Å². The lowest BCUT2D eigenvalue weighted by atomic mass is 9.51. The molecule has 1 saturated carbocycles. The second-order valence-corrected chi connectivity index (χ2v) is 14.6. The highest BCUT2D eigenvalue weighted by Crippen LogP contribution is 2.65. The predicted octanol–water partition coefficient (Wildman–Crippen LogP) is 5.47. The number of allylic oxidation sites excluding steroid dienone is 2. The molecule has 3 aliphatic heterocycles. The van der Waals surface area contributed by atoms with Crippen LogP contribution in [0.2, 0.25) is 5.02 Å². The Labute approximate surface area is 304 Å². The SMILES string of the molecule is COc1cc(O)c([C@H]2C3=CC[C@@H]4C(=O)N(c5ccc(N6CCOCC6)cc5)C(=O)[C@@H]4[C@@H]3C[C@H]3C(=O)N(c4ccc(F)c(Cl)c4)C(=O)[C@@]23C)c(OC)c1. The average Bonchev–Trinajstić information content (AvgIpc) is 3.52. The maximum Gasteiger partial charge on any atom is 0.241 e. The van der Waals surface area contributed by atoms with Gasteiger partial charge in [-0.25, -0.2) is 9.29 Å². The number of rotatable bonds is 6. The number of carbonyl (C=O) groups excluding carboxylic acids is 4. The fraction of sp³-hybridized carbons (Fsp3) is 0.385. The summed E-state index contributed by atoms with van der Waals surface area (Å²) in [6, 6.07) is 14.0. The summed E-state index contributed by atoms with van der Waals surface area (Å²) in [6.07, 6.45) is 2.21. The van der Waals surface area contributed by atoms with Crippen LogP contribution in [0.4, 0.5) is 21.5 Å². The third kappa shape index (κ3) is 4.94. The van der Waals surface area contributed by atoms with Crippen molar-refractivity contribution in [3.8, 4) is 17.2 Å². The minimum Gasteiger partial charge on any atom is -0.507 e. The number of imide groups is 2. The molecule has 0 unspecified atom stereocenters. The van der Waals surface area contributed by atoms with E-state index in [4.69, 9.17) is 25.8 Å². The van der Waals surface area contributed by atoms with Crippen LogP contribution in [0.25, 0.3) is 0 Å². The standard InChI is InChI=1S/C39H37ClFN3O8/c1-39-27(36(47)44(38(39)49)22-8-11-29(41)28(40)16-22)19-26-24(34(39)33-30(45)17-23(50-2)18-31(33)51-3)9-10-25-32(26)37(48)43(35(25)46)21-6-4-20(5-7-21)42-12-14-52-15-13-42/h4-9,11,16-18,25-27,32,34,45H,10,12-15,19H2,1-3H3/t25-,26+,27-,32-,34+,39+/m0/s1. The quantitative estimate of drug-likeness (QED) is 0.260. The van der Waals surface area contributed by atoms with Crippen molar-refractivity contribution >= 4 is 52.3 Å². The second-order valence-electron chi connectivity index (χ2n) is 14.1. The third-order valence-electron chi connectivity index (χ3n) is 11.8. The van der Waals surface area contributed by atoms with Gasteiger partial charge in [0.1, 0.15) is 23.1 Å². The number of hydrogen-bond donors (Lipinski definition) is 1. The van der Waals surface area contributed by atoms with Crippen LogP contribution >= 0.6 is 11.6 Å². The van der Waals surface area contributed by atoms with E-state index in [0.29, 0.717) is 30.2 Å². The maximum absolute atomic E-state index is 14.7. The van der Waals surface area contributed by atoms with Crippen molar-refractivity contribution in [2.75, 3.05) is 55.2 Å². The molecule has 0 radical (unpaired) electrons.